The van der Waals surface area contributed by atoms with Gasteiger partial charge in [0, 0.05) is 19.6 Å². The van der Waals surface area contributed by atoms with Gasteiger partial charge in [-0.15, -0.1) is 0 Å². The van der Waals surface area contributed by atoms with Gasteiger partial charge in [0.15, 0.2) is 0 Å². The van der Waals surface area contributed by atoms with Crippen LogP contribution in [0.1, 0.15) is 18.3 Å². The number of nitrogens with zero attached hydrogens (tertiary/aromatic N) is 3. The molecule has 1 atom stereocenters. The van der Waals surface area contributed by atoms with Crippen molar-refractivity contribution in [2.45, 2.75) is 26.8 Å². The van der Waals surface area contributed by atoms with Crippen LogP contribution >= 0.6 is 0 Å². The molecule has 1 aromatic rings. The van der Waals surface area contributed by atoms with Crippen molar-refractivity contribution in [3.8, 4) is 0 Å². The normalized spacial score (nSPS) is 19.3. The molecule has 0 aromatic carbocycles. The first-order chi connectivity index (χ1) is 9.13. The number of nitrogens with one attached hydrogen (secondary N) is 1. The van der Waals surface area contributed by atoms with Gasteiger partial charge in [-0.1, -0.05) is 0 Å². The van der Waals surface area contributed by atoms with Gasteiger partial charge in [0.1, 0.15) is 11.9 Å². The first-order valence-electron chi connectivity index (χ1n) is 6.57. The second-order valence-corrected chi connectivity index (χ2v) is 4.56. The van der Waals surface area contributed by atoms with Gasteiger partial charge in [0.2, 0.25) is 0 Å². The number of esters is 1. The van der Waals surface area contributed by atoms with E-state index in [1.807, 2.05) is 25.7 Å². The molecule has 6 nitrogen and oxygen atoms in total. The number of hydrogen-bond acceptors (Lipinski definition) is 6. The average molecular weight is 264 g/mol. The molecular weight excluding hydrogens is 244 g/mol. The zero-order valence-corrected chi connectivity index (χ0v) is 11.6. The molecule has 2 rings (SSSR count). The fourth-order valence-electron chi connectivity index (χ4n) is 2.10. The summed E-state index contributed by atoms with van der Waals surface area (Å²) in [5.41, 5.74) is 1.80. The van der Waals surface area contributed by atoms with E-state index in [2.05, 4.69) is 15.3 Å². The first kappa shape index (κ1) is 13.7. The topological polar surface area (TPSA) is 67.3 Å². The molecule has 104 valence electrons. The van der Waals surface area contributed by atoms with Gasteiger partial charge >= 0.3 is 5.97 Å². The second kappa shape index (κ2) is 5.97. The minimum absolute atomic E-state index is 0.213. The summed E-state index contributed by atoms with van der Waals surface area (Å²) >= 11 is 0. The van der Waals surface area contributed by atoms with Gasteiger partial charge in [-0.25, -0.2) is 9.78 Å². The van der Waals surface area contributed by atoms with E-state index in [-0.39, 0.29) is 12.0 Å². The first-order valence-corrected chi connectivity index (χ1v) is 6.57. The van der Waals surface area contributed by atoms with E-state index in [0.717, 1.165) is 30.3 Å². The third kappa shape index (κ3) is 3.01. The smallest absolute Gasteiger partial charge is 0.330 e. The van der Waals surface area contributed by atoms with Crippen LogP contribution in [0.4, 0.5) is 5.82 Å². The van der Waals surface area contributed by atoms with Crippen molar-refractivity contribution in [1.82, 2.24) is 15.3 Å². The van der Waals surface area contributed by atoms with Crippen molar-refractivity contribution in [2.75, 3.05) is 31.1 Å². The van der Waals surface area contributed by atoms with E-state index < -0.39 is 0 Å². The maximum Gasteiger partial charge on any atom is 0.330 e. The minimum atomic E-state index is -0.329. The summed E-state index contributed by atoms with van der Waals surface area (Å²) in [4.78, 5) is 22.8. The molecule has 1 aliphatic rings. The third-order valence-corrected chi connectivity index (χ3v) is 3.28. The van der Waals surface area contributed by atoms with Gasteiger partial charge in [-0.3, -0.25) is 4.98 Å². The Morgan fingerprint density at radius 3 is 3.00 bits per heavy atom. The molecule has 0 amide bonds. The molecule has 0 spiro atoms. The highest BCUT2D eigenvalue weighted by molar-refractivity contribution is 5.80. The summed E-state index contributed by atoms with van der Waals surface area (Å²) in [5, 5.41) is 3.21. The number of piperazine rings is 1. The summed E-state index contributed by atoms with van der Waals surface area (Å²) in [7, 11) is 0. The number of carbonyl (C=O) groups is 1. The lowest BCUT2D eigenvalue weighted by Crippen LogP contribution is -2.56. The molecule has 0 bridgehead atoms. The Kier molecular flexibility index (Phi) is 4.31. The highest BCUT2D eigenvalue weighted by Crippen LogP contribution is 2.17. The number of hydrogen-bond donors (Lipinski definition) is 1. The van der Waals surface area contributed by atoms with Crippen molar-refractivity contribution < 1.29 is 9.53 Å². The van der Waals surface area contributed by atoms with E-state index in [1.54, 1.807) is 6.20 Å². The van der Waals surface area contributed by atoms with E-state index >= 15 is 0 Å². The Bertz CT molecular complexity index is 464. The quantitative estimate of drug-likeness (QED) is 0.799. The molecular formula is C13H20N4O2. The Morgan fingerprint density at radius 2 is 2.32 bits per heavy atom. The van der Waals surface area contributed by atoms with Crippen LogP contribution in [0.2, 0.25) is 0 Å². The maximum atomic E-state index is 12.0. The second-order valence-electron chi connectivity index (χ2n) is 4.56. The molecule has 1 N–H and O–H groups in total. The minimum Gasteiger partial charge on any atom is -0.464 e. The zero-order valence-electron chi connectivity index (χ0n) is 11.6. The van der Waals surface area contributed by atoms with Crippen LogP contribution in [0.15, 0.2) is 6.20 Å². The summed E-state index contributed by atoms with van der Waals surface area (Å²) in [6.45, 7) is 8.18. The van der Waals surface area contributed by atoms with Gasteiger partial charge < -0.3 is 15.0 Å². The van der Waals surface area contributed by atoms with Crippen LogP contribution < -0.4 is 10.2 Å². The SMILES string of the molecule is CCOC(=O)C1CNCCN1c1cnc(C)c(C)n1. The number of rotatable bonds is 3. The number of aryl methyl sites for hydroxylation is 2. The number of carbonyl (C=O) groups excluding carboxylic acids is 1. The maximum absolute atomic E-state index is 12.0. The molecule has 1 aromatic heterocycles. The lowest BCUT2D eigenvalue weighted by atomic mass is 10.2. The van der Waals surface area contributed by atoms with Crippen LogP contribution in [0.5, 0.6) is 0 Å². The lowest BCUT2D eigenvalue weighted by Gasteiger charge is -2.35. The Labute approximate surface area is 113 Å². The monoisotopic (exact) mass is 264 g/mol. The molecule has 1 unspecified atom stereocenters. The lowest BCUT2D eigenvalue weighted by molar-refractivity contribution is -0.144. The zero-order chi connectivity index (χ0) is 13.8. The Morgan fingerprint density at radius 1 is 1.53 bits per heavy atom. The Balaban J connectivity index is 2.23. The third-order valence-electron chi connectivity index (χ3n) is 3.28. The fourth-order valence-corrected chi connectivity index (χ4v) is 2.10. The molecule has 2 heterocycles. The van der Waals surface area contributed by atoms with Gasteiger partial charge in [-0.2, -0.15) is 0 Å². The molecule has 0 aliphatic carbocycles. The van der Waals surface area contributed by atoms with Crippen LogP contribution in [0.3, 0.4) is 0 Å². The summed E-state index contributed by atoms with van der Waals surface area (Å²) in [6, 6.07) is -0.329. The number of anilines is 1. The van der Waals surface area contributed by atoms with Crippen molar-refractivity contribution in [3.05, 3.63) is 17.6 Å². The molecule has 0 radical (unpaired) electrons. The predicted octanol–water partition coefficient (Wildman–Crippen LogP) is 0.435. The molecule has 6 heteroatoms. The molecule has 1 aliphatic heterocycles. The van der Waals surface area contributed by atoms with E-state index in [0.29, 0.717) is 13.2 Å². The van der Waals surface area contributed by atoms with Crippen molar-refractivity contribution in [1.29, 1.82) is 0 Å². The van der Waals surface area contributed by atoms with Crippen molar-refractivity contribution in [2.24, 2.45) is 0 Å². The van der Waals surface area contributed by atoms with E-state index in [1.165, 1.54) is 0 Å². The van der Waals surface area contributed by atoms with Crippen LogP contribution in [-0.4, -0.2) is 48.2 Å². The van der Waals surface area contributed by atoms with E-state index in [9.17, 15) is 4.79 Å². The highest BCUT2D eigenvalue weighted by atomic mass is 16.5. The number of ether oxygens (including phenoxy) is 1. The fraction of sp³-hybridized carbons (Fsp3) is 0.615. The summed E-state index contributed by atoms with van der Waals surface area (Å²) in [6.07, 6.45) is 1.72. The number of aromatic nitrogens is 2. The highest BCUT2D eigenvalue weighted by Gasteiger charge is 2.31. The Hall–Kier alpha value is -1.69. The standard InChI is InChI=1S/C13H20N4O2/c1-4-19-13(18)11-7-14-5-6-17(11)12-8-15-9(2)10(3)16-12/h8,11,14H,4-7H2,1-3H3. The molecule has 0 saturated carbocycles. The van der Waals surface area contributed by atoms with Gasteiger partial charge in [0.25, 0.3) is 0 Å². The largest absolute Gasteiger partial charge is 0.464 e. The van der Waals surface area contributed by atoms with Crippen molar-refractivity contribution >= 4 is 11.8 Å². The summed E-state index contributed by atoms with van der Waals surface area (Å²) < 4.78 is 5.12. The molecule has 19 heavy (non-hydrogen) atoms. The van der Waals surface area contributed by atoms with Crippen LogP contribution in [0.25, 0.3) is 0 Å². The molecule has 1 saturated heterocycles. The summed E-state index contributed by atoms with van der Waals surface area (Å²) in [5.74, 6) is 0.525. The van der Waals surface area contributed by atoms with Crippen LogP contribution in [0, 0.1) is 13.8 Å². The van der Waals surface area contributed by atoms with Gasteiger partial charge in [0.05, 0.1) is 24.2 Å². The molecule has 1 fully saturated rings. The van der Waals surface area contributed by atoms with Crippen LogP contribution in [-0.2, 0) is 9.53 Å². The van der Waals surface area contributed by atoms with E-state index in [4.69, 9.17) is 4.74 Å². The van der Waals surface area contributed by atoms with Gasteiger partial charge in [-0.05, 0) is 20.8 Å². The average Bonchev–Trinajstić information content (AvgIpc) is 2.42. The predicted molar refractivity (Wildman–Crippen MR) is 72.1 cm³/mol. The van der Waals surface area contributed by atoms with Crippen molar-refractivity contribution in [3.63, 3.8) is 0 Å².